The fraction of sp³-hybridized carbons (Fsp3) is 0.0435. The molecule has 124 valence electrons. The van der Waals surface area contributed by atoms with E-state index in [0.29, 0.717) is 0 Å². The number of hydrogen-bond acceptors (Lipinski definition) is 2. The summed E-state index contributed by atoms with van der Waals surface area (Å²) < 4.78 is 2.17. The van der Waals surface area contributed by atoms with E-state index in [1.807, 2.05) is 18.6 Å². The van der Waals surface area contributed by atoms with E-state index in [-0.39, 0.29) is 0 Å². The van der Waals surface area contributed by atoms with Crippen LogP contribution in [0.1, 0.15) is 5.56 Å². The molecule has 0 saturated heterocycles. The molecule has 0 fully saturated rings. The van der Waals surface area contributed by atoms with Crippen molar-refractivity contribution in [2.24, 2.45) is 0 Å². The predicted octanol–water partition coefficient (Wildman–Crippen LogP) is 5.55. The molecule has 0 atom stereocenters. The Morgan fingerprint density at radius 3 is 2.38 bits per heavy atom. The normalized spacial score (nSPS) is 11.3. The maximum Gasteiger partial charge on any atom is 0.108 e. The number of nitrogens with zero attached hydrogens (tertiary/aromatic N) is 3. The van der Waals surface area contributed by atoms with E-state index in [9.17, 15) is 0 Å². The third kappa shape index (κ3) is 2.29. The first-order chi connectivity index (χ1) is 12.8. The molecule has 0 N–H and O–H groups in total. The van der Waals surface area contributed by atoms with Crippen molar-refractivity contribution in [2.45, 2.75) is 6.92 Å². The van der Waals surface area contributed by atoms with Gasteiger partial charge in [0.15, 0.2) is 0 Å². The molecule has 0 aliphatic heterocycles. The van der Waals surface area contributed by atoms with Crippen LogP contribution >= 0.6 is 0 Å². The van der Waals surface area contributed by atoms with E-state index in [0.717, 1.165) is 27.6 Å². The molecule has 5 aromatic rings. The minimum atomic E-state index is 0.908. The molecule has 3 nitrogen and oxygen atoms in total. The number of fused-ring (bicyclic) bond motifs is 3. The lowest BCUT2D eigenvalue weighted by Crippen LogP contribution is -1.96. The highest BCUT2D eigenvalue weighted by Crippen LogP contribution is 2.30. The predicted molar refractivity (Wildman–Crippen MR) is 107 cm³/mol. The number of aryl methyl sites for hydroxylation is 1. The lowest BCUT2D eigenvalue weighted by molar-refractivity contribution is 1.08. The monoisotopic (exact) mass is 335 g/mol. The van der Waals surface area contributed by atoms with Crippen molar-refractivity contribution in [3.63, 3.8) is 0 Å². The van der Waals surface area contributed by atoms with Gasteiger partial charge in [-0.2, -0.15) is 0 Å². The van der Waals surface area contributed by atoms with E-state index in [4.69, 9.17) is 0 Å². The van der Waals surface area contributed by atoms with Crippen molar-refractivity contribution in [2.75, 3.05) is 0 Å². The van der Waals surface area contributed by atoms with Gasteiger partial charge in [0, 0.05) is 5.39 Å². The van der Waals surface area contributed by atoms with Gasteiger partial charge in [0.1, 0.15) is 11.8 Å². The van der Waals surface area contributed by atoms with Crippen LogP contribution in [-0.4, -0.2) is 14.5 Å². The second-order valence-electron chi connectivity index (χ2n) is 6.49. The average Bonchev–Trinajstić information content (AvgIpc) is 3.13. The zero-order valence-electron chi connectivity index (χ0n) is 14.4. The highest BCUT2D eigenvalue weighted by atomic mass is 15.1. The van der Waals surface area contributed by atoms with Gasteiger partial charge in [-0.05, 0) is 41.8 Å². The van der Waals surface area contributed by atoms with Crippen LogP contribution in [0.5, 0.6) is 0 Å². The van der Waals surface area contributed by atoms with Gasteiger partial charge in [0.2, 0.25) is 0 Å². The van der Waals surface area contributed by atoms with Crippen molar-refractivity contribution in [1.82, 2.24) is 14.5 Å². The number of para-hydroxylation sites is 1. The molecule has 3 heteroatoms. The Labute approximate surface area is 151 Å². The number of imidazole rings is 1. The molecule has 5 rings (SSSR count). The molecule has 0 saturated carbocycles. The first-order valence-electron chi connectivity index (χ1n) is 8.68. The fourth-order valence-corrected chi connectivity index (χ4v) is 3.52. The second kappa shape index (κ2) is 5.81. The van der Waals surface area contributed by atoms with Gasteiger partial charge in [-0.1, -0.05) is 54.6 Å². The molecule has 0 bridgehead atoms. The average molecular weight is 335 g/mol. The number of aromatic nitrogens is 3. The molecular weight excluding hydrogens is 318 g/mol. The Morgan fingerprint density at radius 1 is 0.731 bits per heavy atom. The summed E-state index contributed by atoms with van der Waals surface area (Å²) in [5.74, 6) is 0. The summed E-state index contributed by atoms with van der Waals surface area (Å²) in [6.45, 7) is 2.12. The van der Waals surface area contributed by atoms with Crippen LogP contribution in [0.4, 0.5) is 0 Å². The maximum atomic E-state index is 4.60. The zero-order valence-corrected chi connectivity index (χ0v) is 14.4. The van der Waals surface area contributed by atoms with Crippen LogP contribution in [0.25, 0.3) is 38.8 Å². The number of rotatable bonds is 2. The van der Waals surface area contributed by atoms with Crippen LogP contribution in [0.3, 0.4) is 0 Å². The Hall–Kier alpha value is -3.46. The number of hydrogen-bond donors (Lipinski definition) is 0. The van der Waals surface area contributed by atoms with Crippen molar-refractivity contribution in [3.05, 3.63) is 90.9 Å². The third-order valence-corrected chi connectivity index (χ3v) is 4.86. The summed E-state index contributed by atoms with van der Waals surface area (Å²) in [4.78, 5) is 9.19. The van der Waals surface area contributed by atoms with Crippen LogP contribution in [-0.2, 0) is 0 Å². The van der Waals surface area contributed by atoms with Gasteiger partial charge in [-0.3, -0.25) is 9.55 Å². The molecule has 0 amide bonds. The van der Waals surface area contributed by atoms with Gasteiger partial charge in [0.05, 0.1) is 22.9 Å². The Bertz CT molecular complexity index is 1240. The SMILES string of the molecule is Cc1ccccc1-n1cnc2cnc3ccc(-c4ccccc4)cc3c21. The van der Waals surface area contributed by atoms with E-state index >= 15 is 0 Å². The summed E-state index contributed by atoms with van der Waals surface area (Å²) in [5.41, 5.74) is 7.74. The van der Waals surface area contributed by atoms with Gasteiger partial charge in [0.25, 0.3) is 0 Å². The molecule has 0 spiro atoms. The van der Waals surface area contributed by atoms with Gasteiger partial charge in [-0.25, -0.2) is 4.98 Å². The summed E-state index contributed by atoms with van der Waals surface area (Å²) in [7, 11) is 0. The summed E-state index contributed by atoms with van der Waals surface area (Å²) >= 11 is 0. The van der Waals surface area contributed by atoms with Gasteiger partial charge in [-0.15, -0.1) is 0 Å². The van der Waals surface area contributed by atoms with Crippen LogP contribution in [0.15, 0.2) is 85.3 Å². The highest BCUT2D eigenvalue weighted by molar-refractivity contribution is 6.04. The molecular formula is C23H17N3. The first-order valence-corrected chi connectivity index (χ1v) is 8.68. The molecule has 0 aliphatic rings. The van der Waals surface area contributed by atoms with Crippen molar-refractivity contribution < 1.29 is 0 Å². The second-order valence-corrected chi connectivity index (χ2v) is 6.49. The lowest BCUT2D eigenvalue weighted by atomic mass is 10.0. The lowest BCUT2D eigenvalue weighted by Gasteiger charge is -2.10. The third-order valence-electron chi connectivity index (χ3n) is 4.86. The van der Waals surface area contributed by atoms with E-state index < -0.39 is 0 Å². The van der Waals surface area contributed by atoms with Crippen molar-refractivity contribution in [3.8, 4) is 16.8 Å². The topological polar surface area (TPSA) is 30.7 Å². The number of benzene rings is 3. The molecule has 0 unspecified atom stereocenters. The first kappa shape index (κ1) is 14.8. The Morgan fingerprint density at radius 2 is 1.54 bits per heavy atom. The van der Waals surface area contributed by atoms with Gasteiger partial charge >= 0.3 is 0 Å². The van der Waals surface area contributed by atoms with Crippen molar-refractivity contribution >= 4 is 21.9 Å². The highest BCUT2D eigenvalue weighted by Gasteiger charge is 2.12. The van der Waals surface area contributed by atoms with Crippen molar-refractivity contribution in [1.29, 1.82) is 0 Å². The molecule has 2 aromatic heterocycles. The number of pyridine rings is 1. The van der Waals surface area contributed by atoms with Gasteiger partial charge < -0.3 is 0 Å². The Balaban J connectivity index is 1.84. The van der Waals surface area contributed by atoms with E-state index in [1.165, 1.54) is 16.7 Å². The molecule has 26 heavy (non-hydrogen) atoms. The summed E-state index contributed by atoms with van der Waals surface area (Å²) in [6.07, 6.45) is 3.75. The quantitative estimate of drug-likeness (QED) is 0.423. The smallest absolute Gasteiger partial charge is 0.108 e. The molecule has 2 heterocycles. The minimum absolute atomic E-state index is 0.908. The summed E-state index contributed by atoms with van der Waals surface area (Å²) in [6, 6.07) is 25.2. The molecule has 3 aromatic carbocycles. The summed E-state index contributed by atoms with van der Waals surface area (Å²) in [5, 5.41) is 1.12. The fourth-order valence-electron chi connectivity index (χ4n) is 3.52. The van der Waals surface area contributed by atoms with Crippen LogP contribution < -0.4 is 0 Å². The zero-order chi connectivity index (χ0) is 17.5. The Kier molecular flexibility index (Phi) is 3.32. The van der Waals surface area contributed by atoms with E-state index in [2.05, 4.69) is 88.2 Å². The molecule has 0 radical (unpaired) electrons. The largest absolute Gasteiger partial charge is 0.298 e. The molecule has 0 aliphatic carbocycles. The van der Waals surface area contributed by atoms with Crippen LogP contribution in [0, 0.1) is 6.92 Å². The van der Waals surface area contributed by atoms with Crippen LogP contribution in [0.2, 0.25) is 0 Å². The standard InChI is InChI=1S/C23H17N3/c1-16-7-5-6-10-22(16)26-15-25-21-14-24-20-12-11-18(13-19(20)23(21)26)17-8-3-2-4-9-17/h2-15H,1H3. The maximum absolute atomic E-state index is 4.60. The van der Waals surface area contributed by atoms with E-state index in [1.54, 1.807) is 0 Å². The minimum Gasteiger partial charge on any atom is -0.298 e.